The number of rotatable bonds is 8. The summed E-state index contributed by atoms with van der Waals surface area (Å²) in [4.78, 5) is 16.1. The molecule has 2 unspecified atom stereocenters. The molecule has 3 N–H and O–H groups in total. The van der Waals surface area contributed by atoms with Crippen LogP contribution in [0.5, 0.6) is 5.75 Å². The van der Waals surface area contributed by atoms with Crippen LogP contribution in [0, 0.1) is 0 Å². The van der Waals surface area contributed by atoms with E-state index in [1.807, 2.05) is 36.5 Å². The zero-order chi connectivity index (χ0) is 23.5. The monoisotopic (exact) mass is 460 g/mol. The highest BCUT2D eigenvalue weighted by atomic mass is 16.5. The predicted molar refractivity (Wildman–Crippen MR) is 128 cm³/mol. The number of carbonyl (C=O) groups is 1. The Kier molecular flexibility index (Phi) is 6.31. The molecule has 3 aromatic rings. The van der Waals surface area contributed by atoms with E-state index in [1.165, 1.54) is 5.56 Å². The van der Waals surface area contributed by atoms with Gasteiger partial charge in [-0.2, -0.15) is 5.10 Å². The average Bonchev–Trinajstić information content (AvgIpc) is 3.50. The van der Waals surface area contributed by atoms with Crippen LogP contribution in [-0.4, -0.2) is 44.1 Å². The molecule has 5 rings (SSSR count). The number of benzene rings is 1. The summed E-state index contributed by atoms with van der Waals surface area (Å²) in [5.74, 6) is 0.609. The van der Waals surface area contributed by atoms with Gasteiger partial charge in [-0.05, 0) is 47.7 Å². The van der Waals surface area contributed by atoms with Crippen LogP contribution >= 0.6 is 0 Å². The first-order valence-corrected chi connectivity index (χ1v) is 11.6. The van der Waals surface area contributed by atoms with Gasteiger partial charge in [0.05, 0.1) is 24.9 Å². The van der Waals surface area contributed by atoms with Crippen molar-refractivity contribution in [2.75, 3.05) is 18.5 Å². The number of hydrogen-bond donors (Lipinski definition) is 3. The normalized spacial score (nSPS) is 16.4. The van der Waals surface area contributed by atoms with Crippen molar-refractivity contribution < 1.29 is 19.7 Å². The molecule has 176 valence electrons. The van der Waals surface area contributed by atoms with Gasteiger partial charge in [-0.25, -0.2) is 4.98 Å². The van der Waals surface area contributed by atoms with Crippen LogP contribution in [0.15, 0.2) is 48.8 Å². The van der Waals surface area contributed by atoms with Gasteiger partial charge in [-0.1, -0.05) is 24.3 Å². The molecule has 2 aliphatic heterocycles. The number of aliphatic carboxylic acids is 1. The number of aromatic nitrogens is 3. The highest BCUT2D eigenvalue weighted by Crippen LogP contribution is 2.31. The second kappa shape index (κ2) is 9.69. The Morgan fingerprint density at radius 2 is 2.12 bits per heavy atom. The molecule has 0 aliphatic carbocycles. The smallest absolute Gasteiger partial charge is 0.304 e. The summed E-state index contributed by atoms with van der Waals surface area (Å²) in [6.07, 6.45) is 9.19. The van der Waals surface area contributed by atoms with Gasteiger partial charge >= 0.3 is 5.97 Å². The maximum Gasteiger partial charge on any atom is 0.304 e. The molecule has 2 aliphatic rings. The van der Waals surface area contributed by atoms with Gasteiger partial charge in [0.15, 0.2) is 0 Å². The minimum absolute atomic E-state index is 0.000562. The Bertz CT molecular complexity index is 1220. The first-order chi connectivity index (χ1) is 16.5. The fourth-order valence-corrected chi connectivity index (χ4v) is 4.54. The summed E-state index contributed by atoms with van der Waals surface area (Å²) < 4.78 is 7.40. The number of carboxylic acids is 1. The lowest BCUT2D eigenvalue weighted by atomic mass is 9.94. The van der Waals surface area contributed by atoms with Gasteiger partial charge in [0.25, 0.3) is 0 Å². The number of carboxylic acid groups (broad SMARTS) is 1. The molecule has 2 aromatic heterocycles. The molecule has 34 heavy (non-hydrogen) atoms. The average molecular weight is 461 g/mol. The lowest BCUT2D eigenvalue weighted by Gasteiger charge is -2.18. The number of hydrogen-bond acceptors (Lipinski definition) is 6. The summed E-state index contributed by atoms with van der Waals surface area (Å²) in [6, 6.07) is 9.85. The van der Waals surface area contributed by atoms with Gasteiger partial charge in [-0.15, -0.1) is 0 Å². The summed E-state index contributed by atoms with van der Waals surface area (Å²) in [7, 11) is 0. The van der Waals surface area contributed by atoms with Crippen molar-refractivity contribution in [1.82, 2.24) is 14.8 Å². The summed E-state index contributed by atoms with van der Waals surface area (Å²) in [5.41, 5.74) is 4.68. The van der Waals surface area contributed by atoms with Crippen molar-refractivity contribution in [2.24, 2.45) is 0 Å². The third-order valence-corrected chi connectivity index (χ3v) is 6.36. The Morgan fingerprint density at radius 1 is 1.24 bits per heavy atom. The molecule has 1 aromatic carbocycles. The van der Waals surface area contributed by atoms with E-state index in [0.29, 0.717) is 18.8 Å². The molecule has 4 heterocycles. The molecule has 0 saturated carbocycles. The van der Waals surface area contributed by atoms with Crippen LogP contribution in [0.3, 0.4) is 0 Å². The van der Waals surface area contributed by atoms with Gasteiger partial charge in [0.2, 0.25) is 0 Å². The Balaban J connectivity index is 1.27. The van der Waals surface area contributed by atoms with E-state index >= 15 is 0 Å². The lowest BCUT2D eigenvalue weighted by molar-refractivity contribution is -0.137. The summed E-state index contributed by atoms with van der Waals surface area (Å²) >= 11 is 0. The van der Waals surface area contributed by atoms with Crippen LogP contribution in [0.1, 0.15) is 52.8 Å². The van der Waals surface area contributed by atoms with E-state index in [-0.39, 0.29) is 12.3 Å². The number of nitrogens with zero attached hydrogens (tertiary/aromatic N) is 3. The fraction of sp³-hybridized carbons (Fsp3) is 0.346. The zero-order valence-electron chi connectivity index (χ0n) is 18.9. The number of pyridine rings is 1. The minimum atomic E-state index is -0.853. The molecule has 8 heteroatoms. The van der Waals surface area contributed by atoms with E-state index in [0.717, 1.165) is 54.1 Å². The molecule has 0 amide bonds. The Hall–Kier alpha value is -3.65. The molecule has 8 nitrogen and oxygen atoms in total. The maximum absolute atomic E-state index is 11.5. The van der Waals surface area contributed by atoms with Gasteiger partial charge in [0.1, 0.15) is 17.7 Å². The predicted octanol–water partition coefficient (Wildman–Crippen LogP) is 3.58. The fourth-order valence-electron chi connectivity index (χ4n) is 4.54. The van der Waals surface area contributed by atoms with E-state index in [2.05, 4.69) is 15.4 Å². The van der Waals surface area contributed by atoms with Crippen LogP contribution < -0.4 is 10.1 Å². The molecule has 0 saturated heterocycles. The second-order valence-electron chi connectivity index (χ2n) is 8.83. The molecule has 0 radical (unpaired) electrons. The zero-order valence-corrected chi connectivity index (χ0v) is 18.9. The van der Waals surface area contributed by atoms with Gasteiger partial charge in [0, 0.05) is 37.2 Å². The molecule has 0 fully saturated rings. The SMILES string of the molecule is O=C(O)CC(Cn1cc(/C=C/C(O)c2ccc3c(n2)NCCC3)cn1)c1ccc2c(c1)OCC2. The number of fused-ring (bicyclic) bond motifs is 2. The van der Waals surface area contributed by atoms with Crippen LogP contribution in [0.4, 0.5) is 5.82 Å². The number of aliphatic hydroxyl groups is 1. The lowest BCUT2D eigenvalue weighted by Crippen LogP contribution is -2.14. The quantitative estimate of drug-likeness (QED) is 0.471. The number of aryl methyl sites for hydroxylation is 1. The maximum atomic E-state index is 11.5. The van der Waals surface area contributed by atoms with E-state index < -0.39 is 12.1 Å². The molecule has 0 spiro atoms. The van der Waals surface area contributed by atoms with Crippen molar-refractivity contribution in [1.29, 1.82) is 0 Å². The second-order valence-corrected chi connectivity index (χ2v) is 8.83. The van der Waals surface area contributed by atoms with Crippen molar-refractivity contribution in [3.63, 3.8) is 0 Å². The Labute approximate surface area is 197 Å². The molecule has 0 bridgehead atoms. The molecular weight excluding hydrogens is 432 g/mol. The van der Waals surface area contributed by atoms with Crippen LogP contribution in [-0.2, 0) is 24.2 Å². The first kappa shape index (κ1) is 22.2. The van der Waals surface area contributed by atoms with E-state index in [4.69, 9.17) is 4.74 Å². The van der Waals surface area contributed by atoms with Gasteiger partial charge < -0.3 is 20.3 Å². The number of ether oxygens (including phenoxy) is 1. The van der Waals surface area contributed by atoms with Crippen molar-refractivity contribution in [3.05, 3.63) is 76.7 Å². The van der Waals surface area contributed by atoms with E-state index in [9.17, 15) is 15.0 Å². The summed E-state index contributed by atoms with van der Waals surface area (Å²) in [5, 5.41) is 27.7. The van der Waals surface area contributed by atoms with Crippen molar-refractivity contribution in [2.45, 2.75) is 44.2 Å². The number of anilines is 1. The topological polar surface area (TPSA) is 110 Å². The van der Waals surface area contributed by atoms with Crippen LogP contribution in [0.2, 0.25) is 0 Å². The highest BCUT2D eigenvalue weighted by Gasteiger charge is 2.20. The highest BCUT2D eigenvalue weighted by molar-refractivity contribution is 5.68. The largest absolute Gasteiger partial charge is 0.493 e. The standard InChI is InChI=1S/C26H28N4O4/c31-23(22-7-6-19-2-1-10-27-26(19)29-22)8-3-17-14-28-30(15-17)16-21(13-25(32)33)20-5-4-18-9-11-34-24(18)12-20/h3-8,12,14-15,21,23,31H,1-2,9-11,13,16H2,(H,27,29)(H,32,33)/b8-3+. The third kappa shape index (κ3) is 4.97. The minimum Gasteiger partial charge on any atom is -0.493 e. The third-order valence-electron chi connectivity index (χ3n) is 6.36. The van der Waals surface area contributed by atoms with Crippen molar-refractivity contribution >= 4 is 17.9 Å². The van der Waals surface area contributed by atoms with Crippen LogP contribution in [0.25, 0.3) is 6.08 Å². The van der Waals surface area contributed by atoms with Crippen molar-refractivity contribution in [3.8, 4) is 5.75 Å². The summed E-state index contributed by atoms with van der Waals surface area (Å²) in [6.45, 7) is 2.00. The molecule has 2 atom stereocenters. The Morgan fingerprint density at radius 3 is 3.00 bits per heavy atom. The van der Waals surface area contributed by atoms with Gasteiger partial charge in [-0.3, -0.25) is 9.48 Å². The van der Waals surface area contributed by atoms with E-state index in [1.54, 1.807) is 23.0 Å². The number of aliphatic hydroxyl groups excluding tert-OH is 1. The number of nitrogens with one attached hydrogen (secondary N) is 1. The first-order valence-electron chi connectivity index (χ1n) is 11.6. The molecular formula is C26H28N4O4.